The van der Waals surface area contributed by atoms with E-state index in [1.165, 1.54) is 6.08 Å². The molecular weight excluding hydrogens is 448 g/mol. The summed E-state index contributed by atoms with van der Waals surface area (Å²) in [5, 5.41) is 12.0. The van der Waals surface area contributed by atoms with Crippen molar-refractivity contribution in [3.05, 3.63) is 90.1 Å². The molecule has 0 saturated heterocycles. The van der Waals surface area contributed by atoms with Crippen molar-refractivity contribution < 1.29 is 4.79 Å². The lowest BCUT2D eigenvalue weighted by Crippen LogP contribution is -2.13. The molecule has 0 unspecified atom stereocenters. The topological polar surface area (TPSA) is 82.2 Å². The Hall–Kier alpha value is -3.94. The van der Waals surface area contributed by atoms with Gasteiger partial charge in [-0.25, -0.2) is 4.98 Å². The fourth-order valence-electron chi connectivity index (χ4n) is 3.33. The van der Waals surface area contributed by atoms with Crippen LogP contribution >= 0.6 is 11.6 Å². The molecule has 0 bridgehead atoms. The zero-order valence-corrected chi connectivity index (χ0v) is 19.7. The van der Waals surface area contributed by atoms with Crippen molar-refractivity contribution in [1.29, 1.82) is 0 Å². The van der Waals surface area contributed by atoms with Gasteiger partial charge in [0.05, 0.1) is 5.02 Å². The summed E-state index contributed by atoms with van der Waals surface area (Å²) in [7, 11) is 3.89. The molecule has 7 nitrogen and oxygen atoms in total. The second-order valence-corrected chi connectivity index (χ2v) is 8.34. The summed E-state index contributed by atoms with van der Waals surface area (Å²) in [4.78, 5) is 22.9. The number of carbonyl (C=O) groups is 1. The zero-order valence-electron chi connectivity index (χ0n) is 18.9. The van der Waals surface area contributed by atoms with Crippen molar-refractivity contribution in [2.45, 2.75) is 0 Å². The van der Waals surface area contributed by atoms with Crippen LogP contribution in [0.3, 0.4) is 0 Å². The van der Waals surface area contributed by atoms with Crippen LogP contribution in [0.15, 0.2) is 85.1 Å². The number of anilines is 5. The summed E-state index contributed by atoms with van der Waals surface area (Å²) in [5.74, 6) is 0.862. The van der Waals surface area contributed by atoms with E-state index in [1.807, 2.05) is 85.7 Å². The molecule has 4 aromatic rings. The van der Waals surface area contributed by atoms with Crippen LogP contribution in [0.25, 0.3) is 10.8 Å². The minimum atomic E-state index is -0.185. The van der Waals surface area contributed by atoms with Crippen LogP contribution in [0.5, 0.6) is 0 Å². The Morgan fingerprint density at radius 3 is 2.65 bits per heavy atom. The predicted octanol–water partition coefficient (Wildman–Crippen LogP) is 5.83. The Morgan fingerprint density at radius 2 is 1.79 bits per heavy atom. The van der Waals surface area contributed by atoms with Crippen molar-refractivity contribution in [2.24, 2.45) is 0 Å². The van der Waals surface area contributed by atoms with Gasteiger partial charge in [0.25, 0.3) is 0 Å². The van der Waals surface area contributed by atoms with E-state index in [4.69, 9.17) is 11.6 Å². The van der Waals surface area contributed by atoms with Crippen molar-refractivity contribution in [3.63, 3.8) is 0 Å². The summed E-state index contributed by atoms with van der Waals surface area (Å²) in [6, 6.07) is 21.0. The molecule has 0 fully saturated rings. The number of aromatic nitrogens is 2. The summed E-state index contributed by atoms with van der Waals surface area (Å²) >= 11 is 6.44. The van der Waals surface area contributed by atoms with Crippen LogP contribution in [0, 0.1) is 0 Å². The fourth-order valence-corrected chi connectivity index (χ4v) is 3.62. The molecule has 0 aliphatic heterocycles. The standard InChI is InChI=1S/C26H25ClN6O/c1-33(2)14-6-11-25(34)30-19-8-5-9-20(16-19)31-26-28-13-12-24(32-26)29-21-15-18-7-3-4-10-22(18)23(27)17-21/h3-13,15-17H,14H2,1-2H3,(H,30,34)(H2,28,29,31,32)/b11-6+. The SMILES string of the molecule is CN(C)C/C=C/C(=O)Nc1cccc(Nc2nccc(Nc3cc(Cl)c4ccccc4c3)n2)c1. The molecule has 34 heavy (non-hydrogen) atoms. The minimum Gasteiger partial charge on any atom is -0.340 e. The van der Waals surface area contributed by atoms with Crippen LogP contribution < -0.4 is 16.0 Å². The first-order valence-corrected chi connectivity index (χ1v) is 11.1. The molecule has 3 N–H and O–H groups in total. The molecule has 1 amide bonds. The Morgan fingerprint density at radius 1 is 0.971 bits per heavy atom. The first-order chi connectivity index (χ1) is 16.5. The van der Waals surface area contributed by atoms with E-state index in [9.17, 15) is 4.79 Å². The van der Waals surface area contributed by atoms with Crippen LogP contribution in [-0.4, -0.2) is 41.4 Å². The van der Waals surface area contributed by atoms with Crippen LogP contribution in [-0.2, 0) is 4.79 Å². The van der Waals surface area contributed by atoms with Gasteiger partial charge in [-0.1, -0.05) is 48.0 Å². The molecule has 0 atom stereocenters. The van der Waals surface area contributed by atoms with E-state index in [1.54, 1.807) is 12.3 Å². The highest BCUT2D eigenvalue weighted by Crippen LogP contribution is 2.29. The summed E-state index contributed by atoms with van der Waals surface area (Å²) in [6.45, 7) is 0.697. The van der Waals surface area contributed by atoms with Gasteiger partial charge in [-0.05, 0) is 55.9 Å². The van der Waals surface area contributed by atoms with Gasteiger partial charge >= 0.3 is 0 Å². The molecule has 8 heteroatoms. The lowest BCUT2D eigenvalue weighted by molar-refractivity contribution is -0.111. The first kappa shape index (κ1) is 23.2. The van der Waals surface area contributed by atoms with Crippen molar-refractivity contribution >= 4 is 57.1 Å². The van der Waals surface area contributed by atoms with Crippen molar-refractivity contribution in [1.82, 2.24) is 14.9 Å². The van der Waals surface area contributed by atoms with Gasteiger partial charge in [0.15, 0.2) is 0 Å². The molecule has 1 aromatic heterocycles. The number of carbonyl (C=O) groups excluding carboxylic acids is 1. The number of rotatable bonds is 8. The van der Waals surface area contributed by atoms with Crippen LogP contribution in [0.4, 0.5) is 28.8 Å². The summed E-state index contributed by atoms with van der Waals surface area (Å²) in [5.41, 5.74) is 2.26. The number of amides is 1. The highest BCUT2D eigenvalue weighted by atomic mass is 35.5. The van der Waals surface area contributed by atoms with Crippen molar-refractivity contribution in [2.75, 3.05) is 36.6 Å². The number of benzene rings is 3. The highest BCUT2D eigenvalue weighted by molar-refractivity contribution is 6.35. The van der Waals surface area contributed by atoms with Crippen molar-refractivity contribution in [3.8, 4) is 0 Å². The average Bonchev–Trinajstić information content (AvgIpc) is 2.79. The van der Waals surface area contributed by atoms with Gasteiger partial charge in [0.2, 0.25) is 11.9 Å². The molecule has 172 valence electrons. The Balaban J connectivity index is 1.44. The maximum absolute atomic E-state index is 12.1. The maximum atomic E-state index is 12.1. The van der Waals surface area contributed by atoms with E-state index in [0.29, 0.717) is 29.0 Å². The molecule has 0 saturated carbocycles. The molecule has 0 spiro atoms. The van der Waals surface area contributed by atoms with E-state index < -0.39 is 0 Å². The zero-order chi connectivity index (χ0) is 23.9. The van der Waals surface area contributed by atoms with Gasteiger partial charge in [0, 0.05) is 41.3 Å². The van der Waals surface area contributed by atoms with Gasteiger partial charge in [0.1, 0.15) is 5.82 Å². The van der Waals surface area contributed by atoms with E-state index in [2.05, 4.69) is 25.9 Å². The summed E-state index contributed by atoms with van der Waals surface area (Å²) in [6.07, 6.45) is 5.01. The predicted molar refractivity (Wildman–Crippen MR) is 140 cm³/mol. The van der Waals surface area contributed by atoms with E-state index in [0.717, 1.165) is 22.1 Å². The quantitative estimate of drug-likeness (QED) is 0.280. The molecule has 0 radical (unpaired) electrons. The maximum Gasteiger partial charge on any atom is 0.248 e. The second-order valence-electron chi connectivity index (χ2n) is 7.93. The number of halogens is 1. The van der Waals surface area contributed by atoms with Crippen LogP contribution in [0.1, 0.15) is 0 Å². The molecule has 0 aliphatic rings. The first-order valence-electron chi connectivity index (χ1n) is 10.7. The smallest absolute Gasteiger partial charge is 0.248 e. The van der Waals surface area contributed by atoms with Gasteiger partial charge in [-0.2, -0.15) is 4.98 Å². The molecule has 3 aromatic carbocycles. The number of likely N-dealkylation sites (N-methyl/N-ethyl adjacent to an activating group) is 1. The van der Waals surface area contributed by atoms with E-state index >= 15 is 0 Å². The second kappa shape index (κ2) is 10.8. The third kappa shape index (κ3) is 6.31. The lowest BCUT2D eigenvalue weighted by Gasteiger charge is -2.11. The third-order valence-electron chi connectivity index (χ3n) is 4.87. The normalized spacial score (nSPS) is 11.2. The monoisotopic (exact) mass is 472 g/mol. The fraction of sp³-hybridized carbons (Fsp3) is 0.115. The van der Waals surface area contributed by atoms with Crippen LogP contribution in [0.2, 0.25) is 5.02 Å². The highest BCUT2D eigenvalue weighted by Gasteiger charge is 2.06. The number of fused-ring (bicyclic) bond motifs is 1. The van der Waals surface area contributed by atoms with Gasteiger partial charge in [-0.3, -0.25) is 4.79 Å². The number of nitrogens with one attached hydrogen (secondary N) is 3. The Kier molecular flexibility index (Phi) is 7.37. The number of nitrogens with zero attached hydrogens (tertiary/aromatic N) is 3. The third-order valence-corrected chi connectivity index (χ3v) is 5.18. The molecule has 1 heterocycles. The number of hydrogen-bond donors (Lipinski definition) is 3. The molecule has 0 aliphatic carbocycles. The molecular formula is C26H25ClN6O. The number of hydrogen-bond acceptors (Lipinski definition) is 6. The average molecular weight is 473 g/mol. The largest absolute Gasteiger partial charge is 0.340 e. The lowest BCUT2D eigenvalue weighted by atomic mass is 10.1. The van der Waals surface area contributed by atoms with Gasteiger partial charge < -0.3 is 20.9 Å². The van der Waals surface area contributed by atoms with E-state index in [-0.39, 0.29) is 5.91 Å². The Labute approximate surface area is 203 Å². The summed E-state index contributed by atoms with van der Waals surface area (Å²) < 4.78 is 0. The molecule has 4 rings (SSSR count). The Bertz CT molecular complexity index is 1340. The minimum absolute atomic E-state index is 0.185. The van der Waals surface area contributed by atoms with Gasteiger partial charge in [-0.15, -0.1) is 0 Å².